The number of nitrogens with one attached hydrogen (secondary N) is 2. The van der Waals surface area contributed by atoms with Crippen LogP contribution in [0.15, 0.2) is 30.6 Å². The molecule has 0 saturated heterocycles. The average molecular weight is 568 g/mol. The van der Waals surface area contributed by atoms with E-state index < -0.39 is 23.1 Å². The van der Waals surface area contributed by atoms with Crippen LogP contribution < -0.4 is 15.5 Å². The highest BCUT2D eigenvalue weighted by atomic mass is 19.4. The van der Waals surface area contributed by atoms with Crippen molar-refractivity contribution in [1.29, 1.82) is 0 Å². The summed E-state index contributed by atoms with van der Waals surface area (Å²) in [6.07, 6.45) is 1.85. The maximum Gasteiger partial charge on any atom is 0.416 e. The summed E-state index contributed by atoms with van der Waals surface area (Å²) in [6.45, 7) is 6.90. The Hall–Kier alpha value is -3.47. The van der Waals surface area contributed by atoms with Crippen molar-refractivity contribution in [3.8, 4) is 0 Å². The monoisotopic (exact) mass is 567 g/mol. The molecule has 8 nitrogen and oxygen atoms in total. The van der Waals surface area contributed by atoms with Crippen molar-refractivity contribution in [3.63, 3.8) is 0 Å². The fourth-order valence-electron chi connectivity index (χ4n) is 6.80. The molecule has 3 heterocycles. The zero-order valence-corrected chi connectivity index (χ0v) is 23.9. The zero-order valence-electron chi connectivity index (χ0n) is 23.9. The number of benzene rings is 1. The molecular formula is C30H36F3N7O. The smallest absolute Gasteiger partial charge is 0.370 e. The summed E-state index contributed by atoms with van der Waals surface area (Å²) in [5, 5.41) is 15.2. The van der Waals surface area contributed by atoms with Gasteiger partial charge in [0.1, 0.15) is 23.8 Å². The van der Waals surface area contributed by atoms with Crippen molar-refractivity contribution in [2.75, 3.05) is 16.8 Å². The summed E-state index contributed by atoms with van der Waals surface area (Å²) in [6, 6.07) is 6.62. The molecule has 41 heavy (non-hydrogen) atoms. The predicted molar refractivity (Wildman–Crippen MR) is 150 cm³/mol. The van der Waals surface area contributed by atoms with Crippen LogP contribution in [-0.4, -0.2) is 37.7 Å². The third-order valence-electron chi connectivity index (χ3n) is 9.12. The van der Waals surface area contributed by atoms with Crippen molar-refractivity contribution >= 4 is 17.5 Å². The van der Waals surface area contributed by atoms with Gasteiger partial charge in [-0.25, -0.2) is 4.98 Å². The first-order valence-electron chi connectivity index (χ1n) is 14.3. The van der Waals surface area contributed by atoms with Crippen molar-refractivity contribution in [3.05, 3.63) is 64.2 Å². The van der Waals surface area contributed by atoms with Gasteiger partial charge in [0, 0.05) is 31.2 Å². The van der Waals surface area contributed by atoms with Gasteiger partial charge in [0.15, 0.2) is 0 Å². The second kappa shape index (κ2) is 9.82. The number of hydrogen-bond acceptors (Lipinski definition) is 6. The summed E-state index contributed by atoms with van der Waals surface area (Å²) in [7, 11) is 1.91. The molecule has 11 heteroatoms. The number of carbonyl (C=O) groups excluding carboxylic acids is 1. The number of aryl methyl sites for hydroxylation is 1. The fraction of sp³-hybridized carbons (Fsp3) is 0.533. The summed E-state index contributed by atoms with van der Waals surface area (Å²) in [4.78, 5) is 19.9. The second-order valence-electron chi connectivity index (χ2n) is 12.3. The van der Waals surface area contributed by atoms with Gasteiger partial charge in [-0.05, 0) is 92.8 Å². The number of nitrogens with zero attached hydrogens (tertiary/aromatic N) is 5. The molecule has 0 unspecified atom stereocenters. The van der Waals surface area contributed by atoms with Crippen molar-refractivity contribution in [2.45, 2.75) is 83.1 Å². The highest BCUT2D eigenvalue weighted by Gasteiger charge is 2.49. The number of anilines is 2. The molecule has 3 aromatic rings. The normalized spacial score (nSPS) is 23.2. The van der Waals surface area contributed by atoms with Gasteiger partial charge in [-0.2, -0.15) is 13.2 Å². The van der Waals surface area contributed by atoms with E-state index in [9.17, 15) is 18.0 Å². The molecule has 2 aromatic heterocycles. The Labute approximate surface area is 237 Å². The minimum atomic E-state index is -4.59. The van der Waals surface area contributed by atoms with E-state index >= 15 is 0 Å². The largest absolute Gasteiger partial charge is 0.416 e. The zero-order chi connectivity index (χ0) is 29.2. The van der Waals surface area contributed by atoms with Gasteiger partial charge in [0.05, 0.1) is 17.5 Å². The van der Waals surface area contributed by atoms with Crippen molar-refractivity contribution in [2.24, 2.45) is 13.0 Å². The number of pyridine rings is 1. The number of rotatable bonds is 8. The molecule has 0 spiro atoms. The van der Waals surface area contributed by atoms with Crippen LogP contribution in [0.25, 0.3) is 0 Å². The van der Waals surface area contributed by atoms with Gasteiger partial charge in [-0.1, -0.05) is 6.92 Å². The average Bonchev–Trinajstić information content (AvgIpc) is 3.46. The highest BCUT2D eigenvalue weighted by Crippen LogP contribution is 2.52. The van der Waals surface area contributed by atoms with E-state index in [0.717, 1.165) is 43.5 Å². The molecule has 6 rings (SSSR count). The first kappa shape index (κ1) is 27.7. The molecule has 0 atom stereocenters. The van der Waals surface area contributed by atoms with Gasteiger partial charge >= 0.3 is 6.18 Å². The third kappa shape index (κ3) is 4.77. The molecule has 0 bridgehead atoms. The van der Waals surface area contributed by atoms with Crippen LogP contribution in [0.5, 0.6) is 0 Å². The van der Waals surface area contributed by atoms with E-state index in [2.05, 4.69) is 34.7 Å². The maximum absolute atomic E-state index is 14.3. The standard InChI is InChI=1S/C30H36F3N7O/c1-5-34-24-11-20(29(13-18(2)14-29)27-38-36-17-39(27)4)12-25(37-24)40-16-22-21(26(40)41)9-19(10-23(22)30(31,32)33)15-35-28(3)7-6-8-28/h9-12,17-18,35H,5-8,13-16H2,1-4H3,(H,34,37)/t18-,29-. The lowest BCUT2D eigenvalue weighted by Gasteiger charge is -2.46. The third-order valence-corrected chi connectivity index (χ3v) is 9.12. The number of hydrogen-bond donors (Lipinski definition) is 2. The minimum absolute atomic E-state index is 0.00131. The van der Waals surface area contributed by atoms with Gasteiger partial charge in [0.2, 0.25) is 0 Å². The van der Waals surface area contributed by atoms with E-state index in [1.165, 1.54) is 11.0 Å². The van der Waals surface area contributed by atoms with Crippen LogP contribution in [-0.2, 0) is 31.7 Å². The van der Waals surface area contributed by atoms with Crippen LogP contribution in [0.3, 0.4) is 0 Å². The Bertz CT molecular complexity index is 1490. The Balaban J connectivity index is 1.40. The summed E-state index contributed by atoms with van der Waals surface area (Å²) in [5.41, 5.74) is 0.220. The van der Waals surface area contributed by atoms with Crippen LogP contribution in [0, 0.1) is 5.92 Å². The first-order chi connectivity index (χ1) is 19.4. The molecular weight excluding hydrogens is 531 g/mol. The molecule has 3 aliphatic rings. The molecule has 2 fully saturated rings. The Kier molecular flexibility index (Phi) is 6.63. The van der Waals surface area contributed by atoms with Crippen LogP contribution in [0.2, 0.25) is 0 Å². The first-order valence-corrected chi connectivity index (χ1v) is 14.3. The summed E-state index contributed by atoms with van der Waals surface area (Å²) < 4.78 is 44.8. The second-order valence-corrected chi connectivity index (χ2v) is 12.3. The topological polar surface area (TPSA) is 88.0 Å². The molecule has 1 aromatic carbocycles. The maximum atomic E-state index is 14.3. The Morgan fingerprint density at radius 1 is 1.15 bits per heavy atom. The van der Waals surface area contributed by atoms with Crippen molar-refractivity contribution in [1.82, 2.24) is 25.1 Å². The molecule has 0 radical (unpaired) electrons. The quantitative estimate of drug-likeness (QED) is 0.370. The number of amides is 1. The van der Waals surface area contributed by atoms with Crippen LogP contribution in [0.4, 0.5) is 24.8 Å². The molecule has 1 amide bonds. The molecule has 1 aliphatic heterocycles. The molecule has 2 N–H and O–H groups in total. The number of fused-ring (bicyclic) bond motifs is 1. The van der Waals surface area contributed by atoms with Gasteiger partial charge < -0.3 is 15.2 Å². The van der Waals surface area contributed by atoms with Gasteiger partial charge in [-0.15, -0.1) is 10.2 Å². The Morgan fingerprint density at radius 3 is 2.49 bits per heavy atom. The SMILES string of the molecule is CCNc1cc([C@]2(c3nncn3C)C[C@H](C)C2)cc(N2Cc3c(cc(CNC4(C)CCC4)cc3C(F)(F)F)C2=O)n1. The Morgan fingerprint density at radius 2 is 1.90 bits per heavy atom. The van der Waals surface area contributed by atoms with E-state index in [4.69, 9.17) is 4.98 Å². The highest BCUT2D eigenvalue weighted by molar-refractivity contribution is 6.10. The van der Waals surface area contributed by atoms with Gasteiger partial charge in [-0.3, -0.25) is 9.69 Å². The van der Waals surface area contributed by atoms with E-state index in [1.807, 2.05) is 30.7 Å². The van der Waals surface area contributed by atoms with Crippen LogP contribution in [0.1, 0.15) is 91.3 Å². The number of aromatic nitrogens is 4. The minimum Gasteiger partial charge on any atom is -0.370 e. The fourth-order valence-corrected chi connectivity index (χ4v) is 6.80. The van der Waals surface area contributed by atoms with E-state index in [0.29, 0.717) is 29.7 Å². The lowest BCUT2D eigenvalue weighted by Crippen LogP contribution is -2.47. The lowest BCUT2D eigenvalue weighted by atomic mass is 9.58. The van der Waals surface area contributed by atoms with E-state index in [1.54, 1.807) is 12.4 Å². The number of halogens is 3. The molecule has 218 valence electrons. The molecule has 2 aliphatic carbocycles. The molecule has 2 saturated carbocycles. The van der Waals surface area contributed by atoms with Gasteiger partial charge in [0.25, 0.3) is 5.91 Å². The summed E-state index contributed by atoms with van der Waals surface area (Å²) >= 11 is 0. The van der Waals surface area contributed by atoms with Crippen molar-refractivity contribution < 1.29 is 18.0 Å². The number of alkyl halides is 3. The lowest BCUT2D eigenvalue weighted by molar-refractivity contribution is -0.138. The number of carbonyl (C=O) groups is 1. The summed E-state index contributed by atoms with van der Waals surface area (Å²) in [5.74, 6) is 1.72. The van der Waals surface area contributed by atoms with Crippen LogP contribution >= 0.6 is 0 Å². The predicted octanol–water partition coefficient (Wildman–Crippen LogP) is 5.57. The van der Waals surface area contributed by atoms with E-state index in [-0.39, 0.29) is 29.8 Å².